The van der Waals surface area contributed by atoms with Gasteiger partial charge in [-0.3, -0.25) is 4.79 Å². The van der Waals surface area contributed by atoms with Crippen molar-refractivity contribution in [3.63, 3.8) is 0 Å². The summed E-state index contributed by atoms with van der Waals surface area (Å²) in [5.74, 6) is -0.0324. The number of para-hydroxylation sites is 1. The third-order valence-corrected chi connectivity index (χ3v) is 4.28. The second-order valence-electron chi connectivity index (χ2n) is 6.03. The lowest BCUT2D eigenvalue weighted by Gasteiger charge is -2.14. The number of aryl methyl sites for hydroxylation is 1. The second kappa shape index (κ2) is 8.41. The van der Waals surface area contributed by atoms with Crippen LogP contribution in [0.25, 0.3) is 0 Å². The normalized spacial score (nSPS) is 10.2. The first-order valence-corrected chi connectivity index (χ1v) is 8.83. The number of hydrogen-bond donors (Lipinski definition) is 2. The van der Waals surface area contributed by atoms with E-state index in [1.54, 1.807) is 6.07 Å². The highest BCUT2D eigenvalue weighted by atomic mass is 32.1. The van der Waals surface area contributed by atoms with E-state index in [1.165, 1.54) is 5.56 Å². The molecule has 0 fully saturated rings. The van der Waals surface area contributed by atoms with Gasteiger partial charge in [-0.25, -0.2) is 0 Å². The van der Waals surface area contributed by atoms with Crippen molar-refractivity contribution in [1.29, 1.82) is 0 Å². The lowest BCUT2D eigenvalue weighted by Crippen LogP contribution is -2.28. The number of ketones is 1. The third-order valence-electron chi connectivity index (χ3n) is 4.03. The van der Waals surface area contributed by atoms with Gasteiger partial charge in [-0.05, 0) is 36.8 Å². The smallest absolute Gasteiger partial charge is 0.195 e. The van der Waals surface area contributed by atoms with E-state index < -0.39 is 0 Å². The largest absolute Gasteiger partial charge is 0.358 e. The fourth-order valence-corrected chi connectivity index (χ4v) is 2.77. The van der Waals surface area contributed by atoms with Crippen molar-refractivity contribution in [3.05, 3.63) is 101 Å². The van der Waals surface area contributed by atoms with Crippen molar-refractivity contribution in [2.45, 2.75) is 13.5 Å². The van der Waals surface area contributed by atoms with Gasteiger partial charge in [-0.1, -0.05) is 72.3 Å². The zero-order valence-electron chi connectivity index (χ0n) is 14.5. The molecule has 0 amide bonds. The first-order valence-electron chi connectivity index (χ1n) is 8.42. The number of carbonyl (C=O) groups is 1. The quantitative estimate of drug-likeness (QED) is 0.511. The van der Waals surface area contributed by atoms with Gasteiger partial charge in [-0.15, -0.1) is 0 Å². The molecule has 2 N–H and O–H groups in total. The summed E-state index contributed by atoms with van der Waals surface area (Å²) in [5.41, 5.74) is 4.32. The van der Waals surface area contributed by atoms with Crippen LogP contribution in [0.4, 0.5) is 5.69 Å². The predicted molar refractivity (Wildman–Crippen MR) is 111 cm³/mol. The van der Waals surface area contributed by atoms with Gasteiger partial charge in [0.15, 0.2) is 10.9 Å². The van der Waals surface area contributed by atoms with Crippen LogP contribution in [0.1, 0.15) is 27.0 Å². The molecule has 0 spiro atoms. The molecule has 0 aliphatic rings. The molecule has 0 heterocycles. The molecule has 3 nitrogen and oxygen atoms in total. The summed E-state index contributed by atoms with van der Waals surface area (Å²) >= 11 is 5.39. The van der Waals surface area contributed by atoms with Gasteiger partial charge < -0.3 is 10.6 Å². The number of benzene rings is 3. The van der Waals surface area contributed by atoms with Gasteiger partial charge in [0.2, 0.25) is 0 Å². The average Bonchev–Trinajstić information content (AvgIpc) is 2.68. The number of nitrogens with one attached hydrogen (secondary N) is 2. The Balaban J connectivity index is 1.69. The minimum atomic E-state index is -0.0324. The Bertz CT molecular complexity index is 905. The molecule has 26 heavy (non-hydrogen) atoms. The van der Waals surface area contributed by atoms with E-state index in [0.717, 1.165) is 5.56 Å². The topological polar surface area (TPSA) is 41.1 Å². The van der Waals surface area contributed by atoms with Gasteiger partial charge in [-0.2, -0.15) is 0 Å². The molecule has 0 aliphatic carbocycles. The highest BCUT2D eigenvalue weighted by Gasteiger charge is 2.13. The van der Waals surface area contributed by atoms with E-state index >= 15 is 0 Å². The second-order valence-corrected chi connectivity index (χ2v) is 6.44. The molecule has 0 atom stereocenters. The van der Waals surface area contributed by atoms with Crippen LogP contribution in [0, 0.1) is 6.92 Å². The number of anilines is 1. The molecule has 3 aromatic rings. The zero-order chi connectivity index (χ0) is 18.4. The Morgan fingerprint density at radius 1 is 0.885 bits per heavy atom. The fourth-order valence-electron chi connectivity index (χ4n) is 2.59. The van der Waals surface area contributed by atoms with E-state index in [1.807, 2.05) is 48.5 Å². The maximum Gasteiger partial charge on any atom is 0.195 e. The maximum atomic E-state index is 12.8. The lowest BCUT2D eigenvalue weighted by molar-refractivity contribution is 0.103. The van der Waals surface area contributed by atoms with Gasteiger partial charge in [0.1, 0.15) is 0 Å². The first kappa shape index (κ1) is 17.8. The Hall–Kier alpha value is -2.98. The predicted octanol–water partition coefficient (Wildman–Crippen LogP) is 4.71. The number of carbonyl (C=O) groups excluding carboxylic acids is 1. The Labute approximate surface area is 159 Å². The molecule has 0 aromatic heterocycles. The van der Waals surface area contributed by atoms with Crippen molar-refractivity contribution in [1.82, 2.24) is 5.32 Å². The molecule has 3 rings (SSSR count). The van der Waals surface area contributed by atoms with E-state index in [9.17, 15) is 4.79 Å². The van der Waals surface area contributed by atoms with Crippen molar-refractivity contribution in [2.24, 2.45) is 0 Å². The van der Waals surface area contributed by atoms with Crippen LogP contribution in [-0.4, -0.2) is 10.9 Å². The van der Waals surface area contributed by atoms with Crippen LogP contribution in [0.5, 0.6) is 0 Å². The molecule has 0 bridgehead atoms. The van der Waals surface area contributed by atoms with Gasteiger partial charge in [0, 0.05) is 17.7 Å². The van der Waals surface area contributed by atoms with Crippen LogP contribution < -0.4 is 10.6 Å². The minimum absolute atomic E-state index is 0.0324. The van der Waals surface area contributed by atoms with Crippen molar-refractivity contribution in [2.75, 3.05) is 5.32 Å². The average molecular weight is 360 g/mol. The summed E-state index contributed by atoms with van der Waals surface area (Å²) in [7, 11) is 0. The molecule has 0 saturated carbocycles. The van der Waals surface area contributed by atoms with Gasteiger partial charge >= 0.3 is 0 Å². The Morgan fingerprint density at radius 2 is 1.54 bits per heavy atom. The van der Waals surface area contributed by atoms with Gasteiger partial charge in [0.25, 0.3) is 0 Å². The lowest BCUT2D eigenvalue weighted by atomic mass is 10.0. The molecule has 0 unspecified atom stereocenters. The van der Waals surface area contributed by atoms with Crippen LogP contribution in [0.3, 0.4) is 0 Å². The molecular formula is C22H20N2OS. The van der Waals surface area contributed by atoms with Crippen molar-refractivity contribution >= 4 is 28.8 Å². The van der Waals surface area contributed by atoms with Crippen LogP contribution >= 0.6 is 12.2 Å². The summed E-state index contributed by atoms with van der Waals surface area (Å²) in [6.07, 6.45) is 0. The fraction of sp³-hybridized carbons (Fsp3) is 0.0909. The number of hydrogen-bond acceptors (Lipinski definition) is 2. The minimum Gasteiger partial charge on any atom is -0.358 e. The summed E-state index contributed by atoms with van der Waals surface area (Å²) in [4.78, 5) is 12.8. The maximum absolute atomic E-state index is 12.8. The number of thiocarbonyl (C=S) groups is 1. The first-order chi connectivity index (χ1) is 12.6. The summed E-state index contributed by atoms with van der Waals surface area (Å²) in [6, 6.07) is 24.9. The molecule has 130 valence electrons. The standard InChI is InChI=1S/C22H20N2OS/c1-16-11-13-17(14-12-16)15-23-22(26)24-20-10-6-5-9-19(20)21(25)18-7-3-2-4-8-18/h2-14H,15H2,1H3,(H2,23,24,26). The molecule has 0 radical (unpaired) electrons. The molecule has 3 aromatic carbocycles. The monoisotopic (exact) mass is 360 g/mol. The van der Waals surface area contributed by atoms with Crippen LogP contribution in [-0.2, 0) is 6.54 Å². The molecule has 0 aliphatic heterocycles. The Morgan fingerprint density at radius 3 is 2.27 bits per heavy atom. The molecular weight excluding hydrogens is 340 g/mol. The van der Waals surface area contributed by atoms with Gasteiger partial charge in [0.05, 0.1) is 5.69 Å². The van der Waals surface area contributed by atoms with Crippen LogP contribution in [0.2, 0.25) is 0 Å². The summed E-state index contributed by atoms with van der Waals surface area (Å²) in [6.45, 7) is 2.69. The van der Waals surface area contributed by atoms with E-state index in [0.29, 0.717) is 28.5 Å². The van der Waals surface area contributed by atoms with E-state index in [-0.39, 0.29) is 5.78 Å². The number of rotatable bonds is 5. The zero-order valence-corrected chi connectivity index (χ0v) is 15.3. The van der Waals surface area contributed by atoms with E-state index in [4.69, 9.17) is 12.2 Å². The Kier molecular flexibility index (Phi) is 5.77. The SMILES string of the molecule is Cc1ccc(CNC(=S)Nc2ccccc2C(=O)c2ccccc2)cc1. The highest BCUT2D eigenvalue weighted by molar-refractivity contribution is 7.80. The summed E-state index contributed by atoms with van der Waals surface area (Å²) in [5, 5.41) is 6.81. The molecule has 0 saturated heterocycles. The molecule has 4 heteroatoms. The van der Waals surface area contributed by atoms with Crippen LogP contribution in [0.15, 0.2) is 78.9 Å². The van der Waals surface area contributed by atoms with E-state index in [2.05, 4.69) is 41.8 Å². The third kappa shape index (κ3) is 4.55. The highest BCUT2D eigenvalue weighted by Crippen LogP contribution is 2.19. The van der Waals surface area contributed by atoms with Crippen molar-refractivity contribution in [3.8, 4) is 0 Å². The summed E-state index contributed by atoms with van der Waals surface area (Å²) < 4.78 is 0. The van der Waals surface area contributed by atoms with Crippen molar-refractivity contribution < 1.29 is 4.79 Å².